The van der Waals surface area contributed by atoms with Crippen molar-refractivity contribution < 1.29 is 14.2 Å². The highest BCUT2D eigenvalue weighted by Crippen LogP contribution is 2.39. The summed E-state index contributed by atoms with van der Waals surface area (Å²) in [6.07, 6.45) is 1.56. The highest BCUT2D eigenvalue weighted by Gasteiger charge is 2.12. The SMILES string of the molecule is COc1cccc(Oc2nc[c]s2)c1OC. The van der Waals surface area contributed by atoms with Gasteiger partial charge in [-0.05, 0) is 12.1 Å². The summed E-state index contributed by atoms with van der Waals surface area (Å²) in [4.78, 5) is 3.99. The molecule has 0 atom stereocenters. The molecule has 0 amide bonds. The summed E-state index contributed by atoms with van der Waals surface area (Å²) in [7, 11) is 3.15. The van der Waals surface area contributed by atoms with Gasteiger partial charge in [0.15, 0.2) is 11.5 Å². The van der Waals surface area contributed by atoms with Gasteiger partial charge in [-0.1, -0.05) is 17.4 Å². The zero-order valence-corrected chi connectivity index (χ0v) is 9.71. The summed E-state index contributed by atoms with van der Waals surface area (Å²) >= 11 is 1.30. The predicted molar refractivity (Wildman–Crippen MR) is 60.6 cm³/mol. The highest BCUT2D eigenvalue weighted by molar-refractivity contribution is 7.10. The summed E-state index contributed by atoms with van der Waals surface area (Å²) in [5, 5.41) is 3.37. The minimum Gasteiger partial charge on any atom is -0.493 e. The van der Waals surface area contributed by atoms with Crippen molar-refractivity contribution in [1.82, 2.24) is 4.98 Å². The molecule has 0 fully saturated rings. The number of aromatic nitrogens is 1. The van der Waals surface area contributed by atoms with Crippen LogP contribution in [0.25, 0.3) is 0 Å². The lowest BCUT2D eigenvalue weighted by atomic mass is 10.3. The summed E-state index contributed by atoms with van der Waals surface area (Å²) in [5.41, 5.74) is 0. The Bertz CT molecular complexity index is 456. The van der Waals surface area contributed by atoms with Crippen molar-refractivity contribution in [2.45, 2.75) is 0 Å². The number of hydrogen-bond donors (Lipinski definition) is 0. The third kappa shape index (κ3) is 2.09. The first kappa shape index (κ1) is 10.8. The molecule has 0 saturated carbocycles. The van der Waals surface area contributed by atoms with E-state index in [1.165, 1.54) is 11.3 Å². The Kier molecular flexibility index (Phi) is 3.26. The molecule has 0 N–H and O–H groups in total. The second-order valence-corrected chi connectivity index (χ2v) is 3.63. The number of methoxy groups -OCH3 is 2. The molecule has 0 aliphatic carbocycles. The summed E-state index contributed by atoms with van der Waals surface area (Å²) in [5.74, 6) is 1.76. The van der Waals surface area contributed by atoms with Crippen LogP contribution >= 0.6 is 11.3 Å². The van der Waals surface area contributed by atoms with Crippen molar-refractivity contribution >= 4 is 11.3 Å². The van der Waals surface area contributed by atoms with E-state index in [1.807, 2.05) is 6.07 Å². The van der Waals surface area contributed by atoms with E-state index in [9.17, 15) is 0 Å². The molecule has 0 saturated heterocycles. The topological polar surface area (TPSA) is 40.6 Å². The molecule has 0 spiro atoms. The minimum atomic E-state index is 0.520. The molecule has 2 aromatic rings. The number of ether oxygens (including phenoxy) is 3. The molecule has 1 aromatic heterocycles. The second-order valence-electron chi connectivity index (χ2n) is 2.84. The molecule has 0 aliphatic rings. The third-order valence-corrected chi connectivity index (χ3v) is 2.52. The van der Waals surface area contributed by atoms with Crippen LogP contribution in [0.15, 0.2) is 24.4 Å². The maximum absolute atomic E-state index is 5.55. The average molecular weight is 236 g/mol. The van der Waals surface area contributed by atoms with E-state index in [0.717, 1.165) is 0 Å². The lowest BCUT2D eigenvalue weighted by Crippen LogP contribution is -1.93. The van der Waals surface area contributed by atoms with Gasteiger partial charge in [0.1, 0.15) is 0 Å². The van der Waals surface area contributed by atoms with Gasteiger partial charge >= 0.3 is 0 Å². The van der Waals surface area contributed by atoms with Crippen molar-refractivity contribution in [3.05, 3.63) is 29.8 Å². The number of hydrogen-bond acceptors (Lipinski definition) is 5. The average Bonchev–Trinajstić information content (AvgIpc) is 2.81. The van der Waals surface area contributed by atoms with Gasteiger partial charge in [-0.25, -0.2) is 4.98 Å². The van der Waals surface area contributed by atoms with Gasteiger partial charge in [0.25, 0.3) is 5.19 Å². The molecule has 0 aliphatic heterocycles. The number of thiazole rings is 1. The summed E-state index contributed by atoms with van der Waals surface area (Å²) in [6.45, 7) is 0. The quantitative estimate of drug-likeness (QED) is 0.818. The maximum atomic E-state index is 5.55. The first-order chi connectivity index (χ1) is 7.85. The molecule has 83 valence electrons. The molecule has 2 rings (SSSR count). The molecule has 1 heterocycles. The van der Waals surface area contributed by atoms with E-state index in [0.29, 0.717) is 22.4 Å². The zero-order chi connectivity index (χ0) is 11.4. The molecular formula is C11H10NO3S. The van der Waals surface area contributed by atoms with Crippen LogP contribution in [0.5, 0.6) is 22.4 Å². The fourth-order valence-electron chi connectivity index (χ4n) is 1.26. The molecule has 1 radical (unpaired) electrons. The third-order valence-electron chi connectivity index (χ3n) is 1.93. The molecule has 1 aromatic carbocycles. The molecular weight excluding hydrogens is 226 g/mol. The molecule has 16 heavy (non-hydrogen) atoms. The fourth-order valence-corrected chi connectivity index (χ4v) is 1.70. The maximum Gasteiger partial charge on any atom is 0.279 e. The Labute approximate surface area is 97.4 Å². The minimum absolute atomic E-state index is 0.520. The Balaban J connectivity index is 2.33. The largest absolute Gasteiger partial charge is 0.493 e. The Morgan fingerprint density at radius 1 is 1.19 bits per heavy atom. The standard InChI is InChI=1S/C11H10NO3S/c1-13-8-4-3-5-9(10(8)14-2)15-11-12-6-7-16-11/h3-6H,1-2H3. The van der Waals surface area contributed by atoms with E-state index in [2.05, 4.69) is 10.4 Å². The van der Waals surface area contributed by atoms with Gasteiger partial charge < -0.3 is 14.2 Å². The van der Waals surface area contributed by atoms with Gasteiger partial charge in [0, 0.05) is 0 Å². The Morgan fingerprint density at radius 3 is 2.62 bits per heavy atom. The van der Waals surface area contributed by atoms with Gasteiger partial charge in [-0.3, -0.25) is 0 Å². The van der Waals surface area contributed by atoms with Crippen LogP contribution in [0.3, 0.4) is 0 Å². The van der Waals surface area contributed by atoms with Gasteiger partial charge in [0.05, 0.1) is 25.8 Å². The van der Waals surface area contributed by atoms with Crippen LogP contribution < -0.4 is 14.2 Å². The highest BCUT2D eigenvalue weighted by atomic mass is 32.1. The van der Waals surface area contributed by atoms with Crippen molar-refractivity contribution in [3.8, 4) is 22.4 Å². The Hall–Kier alpha value is -1.75. The van der Waals surface area contributed by atoms with Gasteiger partial charge in [-0.15, -0.1) is 0 Å². The molecule has 0 bridgehead atoms. The molecule has 0 unspecified atom stereocenters. The van der Waals surface area contributed by atoms with Crippen LogP contribution in [-0.4, -0.2) is 19.2 Å². The smallest absolute Gasteiger partial charge is 0.279 e. The van der Waals surface area contributed by atoms with Crippen LogP contribution in [-0.2, 0) is 0 Å². The molecule has 5 heteroatoms. The van der Waals surface area contributed by atoms with Gasteiger partial charge in [-0.2, -0.15) is 0 Å². The van der Waals surface area contributed by atoms with Crippen molar-refractivity contribution in [1.29, 1.82) is 0 Å². The first-order valence-corrected chi connectivity index (χ1v) is 5.37. The van der Waals surface area contributed by atoms with Gasteiger partial charge in [0.2, 0.25) is 5.75 Å². The number of benzene rings is 1. The fraction of sp³-hybridized carbons (Fsp3) is 0.182. The Morgan fingerprint density at radius 2 is 2.00 bits per heavy atom. The zero-order valence-electron chi connectivity index (χ0n) is 8.89. The van der Waals surface area contributed by atoms with Crippen LogP contribution in [0, 0.1) is 5.38 Å². The van der Waals surface area contributed by atoms with Crippen LogP contribution in [0.1, 0.15) is 0 Å². The number of para-hydroxylation sites is 1. The normalized spacial score (nSPS) is 9.88. The van der Waals surface area contributed by atoms with Crippen molar-refractivity contribution in [2.75, 3.05) is 14.2 Å². The second kappa shape index (κ2) is 4.85. The molecule has 4 nitrogen and oxygen atoms in total. The monoisotopic (exact) mass is 236 g/mol. The van der Waals surface area contributed by atoms with E-state index in [1.54, 1.807) is 32.5 Å². The summed E-state index contributed by atoms with van der Waals surface area (Å²) in [6, 6.07) is 5.43. The van der Waals surface area contributed by atoms with Crippen molar-refractivity contribution in [2.24, 2.45) is 0 Å². The number of rotatable bonds is 4. The van der Waals surface area contributed by atoms with E-state index in [-0.39, 0.29) is 0 Å². The van der Waals surface area contributed by atoms with E-state index in [4.69, 9.17) is 14.2 Å². The summed E-state index contributed by atoms with van der Waals surface area (Å²) < 4.78 is 16.0. The van der Waals surface area contributed by atoms with Crippen molar-refractivity contribution in [3.63, 3.8) is 0 Å². The van der Waals surface area contributed by atoms with Crippen LogP contribution in [0.2, 0.25) is 0 Å². The van der Waals surface area contributed by atoms with Crippen LogP contribution in [0.4, 0.5) is 0 Å². The number of nitrogens with zero attached hydrogens (tertiary/aromatic N) is 1. The van der Waals surface area contributed by atoms with E-state index >= 15 is 0 Å². The lowest BCUT2D eigenvalue weighted by molar-refractivity contribution is 0.336. The van der Waals surface area contributed by atoms with E-state index < -0.39 is 0 Å². The first-order valence-electron chi connectivity index (χ1n) is 4.56. The predicted octanol–water partition coefficient (Wildman–Crippen LogP) is 2.75. The lowest BCUT2D eigenvalue weighted by Gasteiger charge is -2.11.